The zero-order valence-corrected chi connectivity index (χ0v) is 13.4. The van der Waals surface area contributed by atoms with Crippen molar-refractivity contribution in [2.45, 2.75) is 13.0 Å². The molecule has 3 aromatic rings. The molecule has 2 aromatic carbocycles. The van der Waals surface area contributed by atoms with Crippen LogP contribution in [0.4, 0.5) is 5.69 Å². The SMILES string of the molecule is C[C@H](OC(=O)c1n[nH]c(=O)c2ccccc12)C(=O)Nc1ccccc1. The van der Waals surface area contributed by atoms with Crippen LogP contribution < -0.4 is 10.9 Å². The van der Waals surface area contributed by atoms with E-state index in [1.54, 1.807) is 48.5 Å². The number of rotatable bonds is 4. The van der Waals surface area contributed by atoms with Gasteiger partial charge in [-0.3, -0.25) is 9.59 Å². The average Bonchev–Trinajstić information content (AvgIpc) is 2.63. The topological polar surface area (TPSA) is 101 Å². The standard InChI is InChI=1S/C18H15N3O4/c1-11(16(22)19-12-7-3-2-4-8-12)25-18(24)15-13-9-5-6-10-14(13)17(23)21-20-15/h2-11H,1H3,(H,19,22)(H,21,23)/t11-/m0/s1. The summed E-state index contributed by atoms with van der Waals surface area (Å²) in [5, 5.41) is 9.36. The summed E-state index contributed by atoms with van der Waals surface area (Å²) in [5.74, 6) is -1.25. The number of H-pyrrole nitrogens is 1. The number of carbonyl (C=O) groups excluding carboxylic acids is 2. The average molecular weight is 337 g/mol. The van der Waals surface area contributed by atoms with Crippen LogP contribution >= 0.6 is 0 Å². The number of fused-ring (bicyclic) bond motifs is 1. The third-order valence-electron chi connectivity index (χ3n) is 3.58. The Bertz CT molecular complexity index is 982. The number of benzene rings is 2. The van der Waals surface area contributed by atoms with Crippen LogP contribution in [0.15, 0.2) is 59.4 Å². The predicted octanol–water partition coefficient (Wildman–Crippen LogP) is 2.11. The number of para-hydroxylation sites is 1. The molecule has 126 valence electrons. The zero-order chi connectivity index (χ0) is 17.8. The number of amides is 1. The van der Waals surface area contributed by atoms with Gasteiger partial charge in [0.05, 0.1) is 5.39 Å². The first-order valence-corrected chi connectivity index (χ1v) is 7.60. The summed E-state index contributed by atoms with van der Waals surface area (Å²) < 4.78 is 5.18. The van der Waals surface area contributed by atoms with E-state index in [0.29, 0.717) is 16.5 Å². The van der Waals surface area contributed by atoms with E-state index in [1.165, 1.54) is 6.92 Å². The van der Waals surface area contributed by atoms with Crippen molar-refractivity contribution in [2.24, 2.45) is 0 Å². The monoisotopic (exact) mass is 337 g/mol. The minimum Gasteiger partial charge on any atom is -0.448 e. The van der Waals surface area contributed by atoms with Crippen molar-refractivity contribution >= 4 is 28.3 Å². The third kappa shape index (κ3) is 3.55. The Labute approximate surface area is 142 Å². The summed E-state index contributed by atoms with van der Waals surface area (Å²) in [7, 11) is 0. The lowest BCUT2D eigenvalue weighted by Crippen LogP contribution is -2.30. The second kappa shape index (κ2) is 6.96. The van der Waals surface area contributed by atoms with Crippen molar-refractivity contribution in [1.82, 2.24) is 10.2 Å². The fourth-order valence-corrected chi connectivity index (χ4v) is 2.31. The quantitative estimate of drug-likeness (QED) is 0.710. The fraction of sp³-hybridized carbons (Fsp3) is 0.111. The summed E-state index contributed by atoms with van der Waals surface area (Å²) in [5.41, 5.74) is 0.152. The number of carbonyl (C=O) groups is 2. The normalized spacial score (nSPS) is 11.7. The van der Waals surface area contributed by atoms with Gasteiger partial charge < -0.3 is 10.1 Å². The lowest BCUT2D eigenvalue weighted by molar-refractivity contribution is -0.123. The summed E-state index contributed by atoms with van der Waals surface area (Å²) in [4.78, 5) is 36.2. The second-order valence-corrected chi connectivity index (χ2v) is 5.35. The molecule has 0 aliphatic heterocycles. The van der Waals surface area contributed by atoms with Gasteiger partial charge in [0.15, 0.2) is 11.8 Å². The van der Waals surface area contributed by atoms with Gasteiger partial charge >= 0.3 is 5.97 Å². The Hall–Kier alpha value is -3.48. The highest BCUT2D eigenvalue weighted by Gasteiger charge is 2.22. The highest BCUT2D eigenvalue weighted by atomic mass is 16.5. The van der Waals surface area contributed by atoms with Crippen molar-refractivity contribution in [1.29, 1.82) is 0 Å². The summed E-state index contributed by atoms with van der Waals surface area (Å²) in [6, 6.07) is 15.4. The molecule has 25 heavy (non-hydrogen) atoms. The molecule has 0 aliphatic carbocycles. The van der Waals surface area contributed by atoms with Crippen molar-refractivity contribution in [3.05, 3.63) is 70.6 Å². The molecule has 7 nitrogen and oxygen atoms in total. The van der Waals surface area contributed by atoms with E-state index in [2.05, 4.69) is 15.5 Å². The lowest BCUT2D eigenvalue weighted by Gasteiger charge is -2.13. The summed E-state index contributed by atoms with van der Waals surface area (Å²) >= 11 is 0. The molecule has 1 heterocycles. The van der Waals surface area contributed by atoms with E-state index in [0.717, 1.165) is 0 Å². The van der Waals surface area contributed by atoms with Crippen LogP contribution in [0.5, 0.6) is 0 Å². The molecule has 7 heteroatoms. The Morgan fingerprint density at radius 1 is 1.04 bits per heavy atom. The van der Waals surface area contributed by atoms with Gasteiger partial charge in [-0.1, -0.05) is 36.4 Å². The molecule has 0 saturated carbocycles. The number of nitrogens with one attached hydrogen (secondary N) is 2. The van der Waals surface area contributed by atoms with Gasteiger partial charge in [-0.05, 0) is 25.1 Å². The van der Waals surface area contributed by atoms with E-state index < -0.39 is 23.5 Å². The van der Waals surface area contributed by atoms with E-state index in [9.17, 15) is 14.4 Å². The van der Waals surface area contributed by atoms with E-state index in [-0.39, 0.29) is 5.69 Å². The first kappa shape index (κ1) is 16.4. The molecule has 1 aromatic heterocycles. The number of aromatic amines is 1. The molecule has 1 atom stereocenters. The molecule has 0 aliphatic rings. The highest BCUT2D eigenvalue weighted by molar-refractivity contribution is 6.03. The smallest absolute Gasteiger partial charge is 0.360 e. The minimum atomic E-state index is -1.03. The fourth-order valence-electron chi connectivity index (χ4n) is 2.31. The van der Waals surface area contributed by atoms with Crippen LogP contribution in [0.2, 0.25) is 0 Å². The van der Waals surface area contributed by atoms with E-state index >= 15 is 0 Å². The number of nitrogens with zero attached hydrogens (tertiary/aromatic N) is 1. The van der Waals surface area contributed by atoms with Crippen LogP contribution in [0.1, 0.15) is 17.4 Å². The molecule has 2 N–H and O–H groups in total. The van der Waals surface area contributed by atoms with Crippen LogP contribution in [-0.2, 0) is 9.53 Å². The first-order chi connectivity index (χ1) is 12.1. The third-order valence-corrected chi connectivity index (χ3v) is 3.58. The zero-order valence-electron chi connectivity index (χ0n) is 13.4. The molecular weight excluding hydrogens is 322 g/mol. The maximum Gasteiger partial charge on any atom is 0.360 e. The van der Waals surface area contributed by atoms with Gasteiger partial charge in [0.2, 0.25) is 0 Å². The van der Waals surface area contributed by atoms with E-state index in [4.69, 9.17) is 4.74 Å². The Kier molecular flexibility index (Phi) is 4.56. The number of aromatic nitrogens is 2. The molecule has 0 saturated heterocycles. The highest BCUT2D eigenvalue weighted by Crippen LogP contribution is 2.14. The summed E-state index contributed by atoms with van der Waals surface area (Å²) in [6.07, 6.45) is -1.03. The number of esters is 1. The molecule has 3 rings (SSSR count). The molecule has 0 fully saturated rings. The number of ether oxygens (including phenoxy) is 1. The van der Waals surface area contributed by atoms with Gasteiger partial charge in [0.25, 0.3) is 11.5 Å². The number of hydrogen-bond donors (Lipinski definition) is 2. The molecule has 0 unspecified atom stereocenters. The maximum absolute atomic E-state index is 12.4. The van der Waals surface area contributed by atoms with Crippen molar-refractivity contribution in [3.63, 3.8) is 0 Å². The van der Waals surface area contributed by atoms with Crippen LogP contribution in [-0.4, -0.2) is 28.2 Å². The van der Waals surface area contributed by atoms with Gasteiger partial charge in [0, 0.05) is 11.1 Å². The van der Waals surface area contributed by atoms with E-state index in [1.807, 2.05) is 6.07 Å². The van der Waals surface area contributed by atoms with Crippen molar-refractivity contribution < 1.29 is 14.3 Å². The number of hydrogen-bond acceptors (Lipinski definition) is 5. The molecular formula is C18H15N3O4. The Balaban J connectivity index is 1.77. The first-order valence-electron chi connectivity index (χ1n) is 7.60. The van der Waals surface area contributed by atoms with Gasteiger partial charge in [-0.2, -0.15) is 5.10 Å². The van der Waals surface area contributed by atoms with Crippen molar-refractivity contribution in [3.8, 4) is 0 Å². The summed E-state index contributed by atoms with van der Waals surface area (Å²) in [6.45, 7) is 1.46. The van der Waals surface area contributed by atoms with Crippen LogP contribution in [0.3, 0.4) is 0 Å². The molecule has 0 spiro atoms. The predicted molar refractivity (Wildman–Crippen MR) is 92.3 cm³/mol. The second-order valence-electron chi connectivity index (χ2n) is 5.35. The molecule has 1 amide bonds. The van der Waals surface area contributed by atoms with Crippen LogP contribution in [0.25, 0.3) is 10.8 Å². The largest absolute Gasteiger partial charge is 0.448 e. The lowest BCUT2D eigenvalue weighted by atomic mass is 10.1. The Morgan fingerprint density at radius 2 is 1.68 bits per heavy atom. The van der Waals surface area contributed by atoms with Gasteiger partial charge in [-0.15, -0.1) is 0 Å². The molecule has 0 bridgehead atoms. The molecule has 0 radical (unpaired) electrons. The maximum atomic E-state index is 12.4. The number of anilines is 1. The van der Waals surface area contributed by atoms with Gasteiger partial charge in [0.1, 0.15) is 0 Å². The Morgan fingerprint density at radius 3 is 2.40 bits per heavy atom. The van der Waals surface area contributed by atoms with Crippen molar-refractivity contribution in [2.75, 3.05) is 5.32 Å². The van der Waals surface area contributed by atoms with Gasteiger partial charge in [-0.25, -0.2) is 9.89 Å². The minimum absolute atomic E-state index is 0.0467. The van der Waals surface area contributed by atoms with Crippen LogP contribution in [0, 0.1) is 0 Å².